The molecule has 2 rings (SSSR count). The summed E-state index contributed by atoms with van der Waals surface area (Å²) in [6.45, 7) is 4.69. The fraction of sp³-hybridized carbons (Fsp3) is 0.500. The van der Waals surface area contributed by atoms with Gasteiger partial charge in [0.2, 0.25) is 0 Å². The lowest BCUT2D eigenvalue weighted by atomic mass is 9.97. The van der Waals surface area contributed by atoms with Gasteiger partial charge in [-0.1, -0.05) is 25.7 Å². The molecule has 0 bridgehead atoms. The maximum atomic E-state index is 12.4. The molecule has 0 radical (unpaired) electrons. The van der Waals surface area contributed by atoms with Crippen molar-refractivity contribution in [3.05, 3.63) is 29.6 Å². The lowest BCUT2D eigenvalue weighted by Gasteiger charge is -2.19. The highest BCUT2D eigenvalue weighted by Gasteiger charge is 2.31. The number of hydrogen-bond donors (Lipinski definition) is 2. The van der Waals surface area contributed by atoms with Crippen LogP contribution in [0.4, 0.5) is 0 Å². The van der Waals surface area contributed by atoms with Crippen molar-refractivity contribution < 1.29 is 4.79 Å². The number of amides is 1. The third kappa shape index (κ3) is 3.17. The van der Waals surface area contributed by atoms with Crippen molar-refractivity contribution in [3.8, 4) is 11.8 Å². The molecule has 1 aromatic rings. The SMILES string of the molecule is CC1CCC(NC(=O)c2ncccc2C#CCN)C1C. The molecular formula is C16H21N3O. The maximum absolute atomic E-state index is 12.4. The molecule has 3 atom stereocenters. The Bertz CT molecular complexity index is 544. The van der Waals surface area contributed by atoms with Crippen molar-refractivity contribution in [1.29, 1.82) is 0 Å². The van der Waals surface area contributed by atoms with Gasteiger partial charge in [-0.25, -0.2) is 4.98 Å². The summed E-state index contributed by atoms with van der Waals surface area (Å²) in [5, 5.41) is 3.09. The zero-order chi connectivity index (χ0) is 14.5. The molecule has 4 nitrogen and oxygen atoms in total. The number of nitrogens with one attached hydrogen (secondary N) is 1. The van der Waals surface area contributed by atoms with Crippen LogP contribution in [0.5, 0.6) is 0 Å². The molecule has 0 spiro atoms. The zero-order valence-electron chi connectivity index (χ0n) is 12.0. The summed E-state index contributed by atoms with van der Waals surface area (Å²) in [4.78, 5) is 16.5. The van der Waals surface area contributed by atoms with Gasteiger partial charge in [-0.3, -0.25) is 4.79 Å². The quantitative estimate of drug-likeness (QED) is 0.802. The number of aromatic nitrogens is 1. The number of hydrogen-bond acceptors (Lipinski definition) is 3. The Balaban J connectivity index is 2.13. The van der Waals surface area contributed by atoms with E-state index in [0.29, 0.717) is 23.1 Å². The molecule has 3 unspecified atom stereocenters. The van der Waals surface area contributed by atoms with E-state index in [2.05, 4.69) is 36.0 Å². The summed E-state index contributed by atoms with van der Waals surface area (Å²) in [5.74, 6) is 6.68. The van der Waals surface area contributed by atoms with Crippen molar-refractivity contribution in [2.24, 2.45) is 17.6 Å². The first kappa shape index (κ1) is 14.5. The van der Waals surface area contributed by atoms with E-state index in [9.17, 15) is 4.79 Å². The standard InChI is InChI=1S/C16H21N3O/c1-11-7-8-14(12(11)2)19-16(20)15-13(5-3-9-17)6-4-10-18-15/h4,6,10-12,14H,7-9,17H2,1-2H3,(H,19,20). The number of pyridine rings is 1. The molecule has 1 amide bonds. The van der Waals surface area contributed by atoms with Crippen LogP contribution in [0.15, 0.2) is 18.3 Å². The fourth-order valence-electron chi connectivity index (χ4n) is 2.64. The van der Waals surface area contributed by atoms with Crippen LogP contribution in [0, 0.1) is 23.7 Å². The van der Waals surface area contributed by atoms with Gasteiger partial charge in [0.1, 0.15) is 5.69 Å². The molecule has 1 aromatic heterocycles. The van der Waals surface area contributed by atoms with Gasteiger partial charge >= 0.3 is 0 Å². The smallest absolute Gasteiger partial charge is 0.271 e. The second-order valence-corrected chi connectivity index (χ2v) is 5.40. The summed E-state index contributed by atoms with van der Waals surface area (Å²) < 4.78 is 0. The third-order valence-electron chi connectivity index (χ3n) is 4.13. The second kappa shape index (κ2) is 6.53. The van der Waals surface area contributed by atoms with Gasteiger partial charge in [0.15, 0.2) is 0 Å². The second-order valence-electron chi connectivity index (χ2n) is 5.40. The number of rotatable bonds is 2. The molecule has 4 heteroatoms. The first-order valence-corrected chi connectivity index (χ1v) is 7.08. The molecule has 20 heavy (non-hydrogen) atoms. The van der Waals surface area contributed by atoms with E-state index in [1.807, 2.05) is 0 Å². The number of carbonyl (C=O) groups is 1. The largest absolute Gasteiger partial charge is 0.348 e. The fourth-order valence-corrected chi connectivity index (χ4v) is 2.64. The van der Waals surface area contributed by atoms with Gasteiger partial charge in [-0.05, 0) is 36.8 Å². The molecule has 1 heterocycles. The molecular weight excluding hydrogens is 250 g/mol. The van der Waals surface area contributed by atoms with Gasteiger partial charge in [0.05, 0.1) is 12.1 Å². The van der Waals surface area contributed by atoms with Crippen LogP contribution in [0.1, 0.15) is 42.7 Å². The summed E-state index contributed by atoms with van der Waals surface area (Å²) in [6.07, 6.45) is 3.81. The Morgan fingerprint density at radius 3 is 2.95 bits per heavy atom. The maximum Gasteiger partial charge on any atom is 0.271 e. The van der Waals surface area contributed by atoms with Gasteiger partial charge in [0, 0.05) is 12.2 Å². The Hall–Kier alpha value is -1.86. The molecule has 1 saturated carbocycles. The van der Waals surface area contributed by atoms with E-state index in [4.69, 9.17) is 5.73 Å². The minimum atomic E-state index is -0.141. The minimum absolute atomic E-state index is 0.141. The predicted octanol–water partition coefficient (Wildman–Crippen LogP) is 1.56. The van der Waals surface area contributed by atoms with Crippen LogP contribution in [0.25, 0.3) is 0 Å². The van der Waals surface area contributed by atoms with Crippen molar-refractivity contribution in [2.45, 2.75) is 32.7 Å². The Kier molecular flexibility index (Phi) is 4.75. The Morgan fingerprint density at radius 2 is 2.30 bits per heavy atom. The summed E-state index contributed by atoms with van der Waals surface area (Å²) in [5.41, 5.74) is 6.40. The minimum Gasteiger partial charge on any atom is -0.348 e. The lowest BCUT2D eigenvalue weighted by Crippen LogP contribution is -2.38. The lowest BCUT2D eigenvalue weighted by molar-refractivity contribution is 0.0922. The molecule has 0 aliphatic heterocycles. The van der Waals surface area contributed by atoms with Crippen LogP contribution in [-0.2, 0) is 0 Å². The van der Waals surface area contributed by atoms with Gasteiger partial charge in [0.25, 0.3) is 5.91 Å². The summed E-state index contributed by atoms with van der Waals surface area (Å²) >= 11 is 0. The third-order valence-corrected chi connectivity index (χ3v) is 4.13. The number of nitrogens with zero attached hydrogens (tertiary/aromatic N) is 1. The predicted molar refractivity (Wildman–Crippen MR) is 79.0 cm³/mol. The van der Waals surface area contributed by atoms with E-state index in [-0.39, 0.29) is 18.5 Å². The van der Waals surface area contributed by atoms with Crippen molar-refractivity contribution >= 4 is 5.91 Å². The van der Waals surface area contributed by atoms with Crippen LogP contribution in [0.2, 0.25) is 0 Å². The zero-order valence-corrected chi connectivity index (χ0v) is 12.0. The highest BCUT2D eigenvalue weighted by atomic mass is 16.1. The summed E-state index contributed by atoms with van der Waals surface area (Å²) in [7, 11) is 0. The first-order chi connectivity index (χ1) is 9.63. The van der Waals surface area contributed by atoms with Crippen LogP contribution in [0.3, 0.4) is 0 Å². The molecule has 0 aromatic carbocycles. The molecule has 1 fully saturated rings. The van der Waals surface area contributed by atoms with Gasteiger partial charge < -0.3 is 11.1 Å². The molecule has 1 aliphatic rings. The van der Waals surface area contributed by atoms with Crippen LogP contribution in [-0.4, -0.2) is 23.5 Å². The van der Waals surface area contributed by atoms with E-state index < -0.39 is 0 Å². The van der Waals surface area contributed by atoms with Crippen molar-refractivity contribution in [2.75, 3.05) is 6.54 Å². The normalized spacial score (nSPS) is 24.9. The van der Waals surface area contributed by atoms with E-state index in [1.165, 1.54) is 0 Å². The topological polar surface area (TPSA) is 68.0 Å². The number of nitrogens with two attached hydrogens (primary N) is 1. The molecule has 106 valence electrons. The highest BCUT2D eigenvalue weighted by Crippen LogP contribution is 2.31. The van der Waals surface area contributed by atoms with Crippen LogP contribution < -0.4 is 11.1 Å². The van der Waals surface area contributed by atoms with E-state index >= 15 is 0 Å². The molecule has 3 N–H and O–H groups in total. The molecule has 0 saturated heterocycles. The Morgan fingerprint density at radius 1 is 1.50 bits per heavy atom. The average Bonchev–Trinajstić information content (AvgIpc) is 2.77. The average molecular weight is 271 g/mol. The summed E-state index contributed by atoms with van der Waals surface area (Å²) in [6, 6.07) is 3.80. The number of carbonyl (C=O) groups excluding carboxylic acids is 1. The van der Waals surface area contributed by atoms with Gasteiger partial charge in [-0.15, -0.1) is 0 Å². The van der Waals surface area contributed by atoms with Crippen molar-refractivity contribution in [1.82, 2.24) is 10.3 Å². The monoisotopic (exact) mass is 271 g/mol. The van der Waals surface area contributed by atoms with Crippen LogP contribution >= 0.6 is 0 Å². The Labute approximate surface area is 120 Å². The van der Waals surface area contributed by atoms with E-state index in [1.54, 1.807) is 18.3 Å². The van der Waals surface area contributed by atoms with E-state index in [0.717, 1.165) is 12.8 Å². The first-order valence-electron chi connectivity index (χ1n) is 7.08. The molecule has 1 aliphatic carbocycles. The van der Waals surface area contributed by atoms with Gasteiger partial charge in [-0.2, -0.15) is 0 Å². The van der Waals surface area contributed by atoms with Crippen molar-refractivity contribution in [3.63, 3.8) is 0 Å². The highest BCUT2D eigenvalue weighted by molar-refractivity contribution is 5.94.